The van der Waals surface area contributed by atoms with Crippen molar-refractivity contribution in [3.05, 3.63) is 41.1 Å². The molecule has 0 radical (unpaired) electrons. The first-order chi connectivity index (χ1) is 9.65. The zero-order valence-electron chi connectivity index (χ0n) is 11.6. The molecule has 3 aromatic heterocycles. The first-order valence-electron chi connectivity index (χ1n) is 6.52. The molecule has 0 aromatic carbocycles. The van der Waals surface area contributed by atoms with Gasteiger partial charge in [-0.25, -0.2) is 4.98 Å². The topological polar surface area (TPSA) is 69.7 Å². The number of fused-ring (bicyclic) bond motifs is 1. The van der Waals surface area contributed by atoms with Crippen molar-refractivity contribution in [2.24, 2.45) is 0 Å². The molecule has 3 rings (SSSR count). The molecule has 0 unspecified atom stereocenters. The molecule has 0 spiro atoms. The summed E-state index contributed by atoms with van der Waals surface area (Å²) >= 11 is 0. The second-order valence-corrected chi connectivity index (χ2v) is 5.07. The highest BCUT2D eigenvalue weighted by molar-refractivity contribution is 5.82. The Morgan fingerprint density at radius 1 is 1.40 bits per heavy atom. The third kappa shape index (κ3) is 2.25. The van der Waals surface area contributed by atoms with Crippen LogP contribution in [0, 0.1) is 0 Å². The van der Waals surface area contributed by atoms with Gasteiger partial charge in [0.1, 0.15) is 5.52 Å². The van der Waals surface area contributed by atoms with Crippen LogP contribution < -0.4 is 5.56 Å². The third-order valence-corrected chi connectivity index (χ3v) is 3.30. The molecule has 0 amide bonds. The van der Waals surface area contributed by atoms with Crippen LogP contribution in [0.5, 0.6) is 0 Å². The minimum atomic E-state index is -0.0855. The van der Waals surface area contributed by atoms with Crippen molar-refractivity contribution in [3.8, 4) is 11.5 Å². The lowest BCUT2D eigenvalue weighted by Crippen LogP contribution is -2.20. The van der Waals surface area contributed by atoms with E-state index < -0.39 is 0 Å². The molecule has 6 nitrogen and oxygen atoms in total. The van der Waals surface area contributed by atoms with Crippen molar-refractivity contribution < 1.29 is 0 Å². The minimum absolute atomic E-state index is 0.0855. The summed E-state index contributed by atoms with van der Waals surface area (Å²) in [7, 11) is 4.04. The Morgan fingerprint density at radius 3 is 2.95 bits per heavy atom. The van der Waals surface area contributed by atoms with Crippen LogP contribution >= 0.6 is 0 Å². The van der Waals surface area contributed by atoms with Gasteiger partial charge in [0.15, 0.2) is 5.82 Å². The lowest BCUT2D eigenvalue weighted by Gasteiger charge is -2.10. The Balaban J connectivity index is 2.05. The van der Waals surface area contributed by atoms with Gasteiger partial charge in [-0.2, -0.15) is 0 Å². The number of aromatic amines is 2. The number of hydrogen-bond donors (Lipinski definition) is 2. The van der Waals surface area contributed by atoms with Gasteiger partial charge < -0.3 is 19.4 Å². The Kier molecular flexibility index (Phi) is 3.15. The Labute approximate surface area is 116 Å². The molecule has 2 N–H and O–H groups in total. The fourth-order valence-electron chi connectivity index (χ4n) is 2.27. The van der Waals surface area contributed by atoms with Gasteiger partial charge >= 0.3 is 0 Å². The summed E-state index contributed by atoms with van der Waals surface area (Å²) in [6.07, 6.45) is 5.36. The molecule has 0 aliphatic rings. The normalized spacial score (nSPS) is 11.6. The van der Waals surface area contributed by atoms with Gasteiger partial charge in [-0.15, -0.1) is 0 Å². The summed E-state index contributed by atoms with van der Waals surface area (Å²) in [6, 6.07) is 3.91. The highest BCUT2D eigenvalue weighted by Crippen LogP contribution is 2.17. The van der Waals surface area contributed by atoms with Crippen LogP contribution in [0.2, 0.25) is 0 Å². The summed E-state index contributed by atoms with van der Waals surface area (Å²) in [5.41, 5.74) is 1.33. The highest BCUT2D eigenvalue weighted by atomic mass is 16.1. The molecule has 3 aromatic rings. The quantitative estimate of drug-likeness (QED) is 0.751. The zero-order valence-corrected chi connectivity index (χ0v) is 11.6. The molecule has 20 heavy (non-hydrogen) atoms. The smallest absolute Gasteiger partial charge is 0.273 e. The minimum Gasteiger partial charge on any atom is -0.343 e. The number of rotatable bonds is 4. The number of nitrogens with one attached hydrogen (secondary N) is 2. The van der Waals surface area contributed by atoms with E-state index in [0.717, 1.165) is 18.5 Å². The molecule has 0 fully saturated rings. The van der Waals surface area contributed by atoms with Crippen LogP contribution in [0.3, 0.4) is 0 Å². The number of likely N-dealkylation sites (N-methyl/N-ethyl adjacent to an activating group) is 1. The summed E-state index contributed by atoms with van der Waals surface area (Å²) in [5.74, 6) is 0.671. The van der Waals surface area contributed by atoms with Gasteiger partial charge in [-0.05, 0) is 26.2 Å². The second-order valence-electron chi connectivity index (χ2n) is 5.07. The monoisotopic (exact) mass is 271 g/mol. The maximum atomic E-state index is 12.3. The van der Waals surface area contributed by atoms with Crippen molar-refractivity contribution >= 4 is 10.9 Å². The third-order valence-electron chi connectivity index (χ3n) is 3.30. The van der Waals surface area contributed by atoms with Crippen LogP contribution in [-0.2, 0) is 6.54 Å². The van der Waals surface area contributed by atoms with E-state index >= 15 is 0 Å². The lowest BCUT2D eigenvalue weighted by atomic mass is 10.2. The fourth-order valence-corrected chi connectivity index (χ4v) is 2.27. The first kappa shape index (κ1) is 12.7. The fraction of sp³-hybridized carbons (Fsp3) is 0.286. The molecule has 0 atom stereocenters. The van der Waals surface area contributed by atoms with Gasteiger partial charge in [0.05, 0.1) is 5.69 Å². The van der Waals surface area contributed by atoms with E-state index in [-0.39, 0.29) is 5.56 Å². The van der Waals surface area contributed by atoms with Gasteiger partial charge in [0, 0.05) is 37.1 Å². The molecule has 104 valence electrons. The van der Waals surface area contributed by atoms with E-state index in [0.29, 0.717) is 17.0 Å². The first-order valence-corrected chi connectivity index (χ1v) is 6.52. The van der Waals surface area contributed by atoms with Crippen LogP contribution in [0.1, 0.15) is 0 Å². The van der Waals surface area contributed by atoms with E-state index in [9.17, 15) is 4.79 Å². The number of nitrogens with zero attached hydrogens (tertiary/aromatic N) is 3. The molecule has 3 heterocycles. The van der Waals surface area contributed by atoms with E-state index in [2.05, 4.69) is 19.9 Å². The number of pyridine rings is 1. The molecule has 0 bridgehead atoms. The maximum absolute atomic E-state index is 12.3. The van der Waals surface area contributed by atoms with E-state index in [4.69, 9.17) is 0 Å². The Morgan fingerprint density at radius 2 is 2.25 bits per heavy atom. The van der Waals surface area contributed by atoms with Crippen molar-refractivity contribution in [2.45, 2.75) is 6.54 Å². The number of hydrogen-bond acceptors (Lipinski definition) is 3. The van der Waals surface area contributed by atoms with Crippen molar-refractivity contribution in [1.82, 2.24) is 24.4 Å². The average molecular weight is 271 g/mol. The predicted molar refractivity (Wildman–Crippen MR) is 78.7 cm³/mol. The van der Waals surface area contributed by atoms with Crippen molar-refractivity contribution in [3.63, 3.8) is 0 Å². The molecule has 0 aliphatic heterocycles. The molecule has 6 heteroatoms. The van der Waals surface area contributed by atoms with E-state index in [1.807, 2.05) is 37.0 Å². The summed E-state index contributed by atoms with van der Waals surface area (Å²) in [6.45, 7) is 1.68. The Bertz CT molecular complexity index is 767. The largest absolute Gasteiger partial charge is 0.343 e. The van der Waals surface area contributed by atoms with Crippen molar-refractivity contribution in [2.75, 3.05) is 20.6 Å². The SMILES string of the molecule is CN(C)CCn1ccc2cc(-c3ncc[nH]3)[nH]c(=O)c21. The van der Waals surface area contributed by atoms with Crippen LogP contribution in [0.4, 0.5) is 0 Å². The zero-order chi connectivity index (χ0) is 14.1. The number of aromatic nitrogens is 4. The van der Waals surface area contributed by atoms with Crippen LogP contribution in [0.25, 0.3) is 22.4 Å². The van der Waals surface area contributed by atoms with Gasteiger partial charge in [-0.3, -0.25) is 4.79 Å². The van der Waals surface area contributed by atoms with Gasteiger partial charge in [0.2, 0.25) is 0 Å². The predicted octanol–water partition coefficient (Wildman–Crippen LogP) is 1.28. The Hall–Kier alpha value is -2.34. The number of imidazole rings is 1. The van der Waals surface area contributed by atoms with Crippen LogP contribution in [0.15, 0.2) is 35.5 Å². The summed E-state index contributed by atoms with van der Waals surface area (Å²) in [4.78, 5) is 24.4. The summed E-state index contributed by atoms with van der Waals surface area (Å²) in [5, 5.41) is 0.930. The number of H-pyrrole nitrogens is 2. The molecule has 0 aliphatic carbocycles. The van der Waals surface area contributed by atoms with E-state index in [1.54, 1.807) is 12.4 Å². The van der Waals surface area contributed by atoms with Crippen LogP contribution in [-0.4, -0.2) is 45.1 Å². The second kappa shape index (κ2) is 4.97. The van der Waals surface area contributed by atoms with Gasteiger partial charge in [-0.1, -0.05) is 0 Å². The average Bonchev–Trinajstić information content (AvgIpc) is 3.05. The summed E-state index contributed by atoms with van der Waals surface area (Å²) < 4.78 is 1.99. The molecule has 0 saturated carbocycles. The van der Waals surface area contributed by atoms with E-state index in [1.165, 1.54) is 0 Å². The molecule has 0 saturated heterocycles. The lowest BCUT2D eigenvalue weighted by molar-refractivity contribution is 0.387. The van der Waals surface area contributed by atoms with Crippen molar-refractivity contribution in [1.29, 1.82) is 0 Å². The molecular formula is C14H17N5O. The maximum Gasteiger partial charge on any atom is 0.273 e. The standard InChI is InChI=1S/C14H17N5O/c1-18(2)7-8-19-6-3-10-9-11(13-15-4-5-16-13)17-14(20)12(10)19/h3-6,9H,7-8H2,1-2H3,(H,15,16)(H,17,20). The highest BCUT2D eigenvalue weighted by Gasteiger charge is 2.09. The van der Waals surface area contributed by atoms with Gasteiger partial charge in [0.25, 0.3) is 5.56 Å². The molecular weight excluding hydrogens is 254 g/mol.